The molecule has 2 aromatic carbocycles. The zero-order valence-electron chi connectivity index (χ0n) is 16.5. The Morgan fingerprint density at radius 1 is 0.929 bits per heavy atom. The summed E-state index contributed by atoms with van der Waals surface area (Å²) in [5, 5.41) is 0.758. The van der Waals surface area contributed by atoms with Crippen molar-refractivity contribution in [2.45, 2.75) is 19.4 Å². The van der Waals surface area contributed by atoms with Gasteiger partial charge in [0.25, 0.3) is 0 Å². The van der Waals surface area contributed by atoms with Crippen molar-refractivity contribution in [2.24, 2.45) is 0 Å². The first-order valence-corrected chi connectivity index (χ1v) is 9.92. The number of carbonyl (C=O) groups excluding carboxylic acids is 1. The Labute approximate surface area is 171 Å². The van der Waals surface area contributed by atoms with Crippen molar-refractivity contribution < 1.29 is 14.3 Å². The number of aryl methyl sites for hydroxylation is 1. The van der Waals surface area contributed by atoms with Gasteiger partial charge < -0.3 is 14.4 Å². The van der Waals surface area contributed by atoms with Crippen molar-refractivity contribution >= 4 is 17.5 Å². The van der Waals surface area contributed by atoms with E-state index in [1.54, 1.807) is 14.2 Å². The second-order valence-electron chi connectivity index (χ2n) is 6.97. The van der Waals surface area contributed by atoms with Gasteiger partial charge in [-0.15, -0.1) is 0 Å². The van der Waals surface area contributed by atoms with Gasteiger partial charge in [-0.1, -0.05) is 29.8 Å². The van der Waals surface area contributed by atoms with Crippen LogP contribution in [0.25, 0.3) is 0 Å². The lowest BCUT2D eigenvalue weighted by Gasteiger charge is -2.34. The second-order valence-corrected chi connectivity index (χ2v) is 7.41. The molecule has 0 unspecified atom stereocenters. The van der Waals surface area contributed by atoms with Crippen LogP contribution in [0.2, 0.25) is 5.02 Å². The highest BCUT2D eigenvalue weighted by Crippen LogP contribution is 2.28. The minimum atomic E-state index is 0.209. The molecule has 0 saturated carbocycles. The molecule has 1 saturated heterocycles. The molecule has 0 bridgehead atoms. The van der Waals surface area contributed by atoms with Crippen LogP contribution in [0.4, 0.5) is 0 Å². The van der Waals surface area contributed by atoms with E-state index < -0.39 is 0 Å². The molecule has 0 aromatic heterocycles. The van der Waals surface area contributed by atoms with Crippen LogP contribution in [-0.2, 0) is 17.8 Å². The first-order valence-electron chi connectivity index (χ1n) is 9.54. The molecule has 2 aromatic rings. The maximum atomic E-state index is 12.6. The molecule has 0 aliphatic carbocycles. The van der Waals surface area contributed by atoms with Gasteiger partial charge in [0.2, 0.25) is 5.91 Å². The lowest BCUT2D eigenvalue weighted by molar-refractivity contribution is -0.133. The highest BCUT2D eigenvalue weighted by Gasteiger charge is 2.21. The average Bonchev–Trinajstić information content (AvgIpc) is 2.74. The van der Waals surface area contributed by atoms with Gasteiger partial charge in [-0.3, -0.25) is 9.69 Å². The van der Waals surface area contributed by atoms with E-state index in [0.29, 0.717) is 24.3 Å². The zero-order chi connectivity index (χ0) is 19.9. The van der Waals surface area contributed by atoms with Gasteiger partial charge in [0.05, 0.1) is 14.2 Å². The van der Waals surface area contributed by atoms with Crippen LogP contribution in [-0.4, -0.2) is 56.1 Å². The number of methoxy groups -OCH3 is 2. The Morgan fingerprint density at radius 3 is 2.21 bits per heavy atom. The molecule has 1 aliphatic rings. The van der Waals surface area contributed by atoms with Crippen molar-refractivity contribution in [3.8, 4) is 11.5 Å². The molecule has 3 rings (SSSR count). The molecule has 1 fully saturated rings. The monoisotopic (exact) mass is 402 g/mol. The van der Waals surface area contributed by atoms with Crippen LogP contribution in [0.3, 0.4) is 0 Å². The van der Waals surface area contributed by atoms with Crippen LogP contribution >= 0.6 is 11.6 Å². The third kappa shape index (κ3) is 5.40. The second kappa shape index (κ2) is 9.80. The number of rotatable bonds is 7. The van der Waals surface area contributed by atoms with E-state index in [1.807, 2.05) is 35.2 Å². The van der Waals surface area contributed by atoms with Gasteiger partial charge in [0.1, 0.15) is 0 Å². The maximum Gasteiger partial charge on any atom is 0.222 e. The first-order chi connectivity index (χ1) is 13.6. The lowest BCUT2D eigenvalue weighted by atomic mass is 10.1. The van der Waals surface area contributed by atoms with Gasteiger partial charge >= 0.3 is 0 Å². The normalized spacial score (nSPS) is 14.8. The molecule has 1 heterocycles. The molecule has 5 nitrogen and oxygen atoms in total. The fourth-order valence-electron chi connectivity index (χ4n) is 3.45. The minimum absolute atomic E-state index is 0.209. The Hall–Kier alpha value is -2.24. The van der Waals surface area contributed by atoms with E-state index in [9.17, 15) is 4.79 Å². The van der Waals surface area contributed by atoms with Crippen molar-refractivity contribution in [2.75, 3.05) is 40.4 Å². The number of hydrogen-bond acceptors (Lipinski definition) is 4. The number of hydrogen-bond donors (Lipinski definition) is 0. The van der Waals surface area contributed by atoms with E-state index >= 15 is 0 Å². The van der Waals surface area contributed by atoms with Gasteiger partial charge in [-0.2, -0.15) is 0 Å². The van der Waals surface area contributed by atoms with Crippen molar-refractivity contribution in [1.82, 2.24) is 9.80 Å². The molecule has 0 N–H and O–H groups in total. The molecular formula is C22H27ClN2O3. The topological polar surface area (TPSA) is 42.0 Å². The van der Waals surface area contributed by atoms with Crippen LogP contribution in [0, 0.1) is 0 Å². The third-order valence-corrected chi connectivity index (χ3v) is 5.37. The number of amides is 1. The summed E-state index contributed by atoms with van der Waals surface area (Å²) in [6, 6.07) is 13.8. The van der Waals surface area contributed by atoms with Crippen molar-refractivity contribution in [3.63, 3.8) is 0 Å². The molecule has 150 valence electrons. The smallest absolute Gasteiger partial charge is 0.222 e. The SMILES string of the molecule is COc1ccc(CCC(=O)N2CCN(Cc3ccc(Cl)cc3)CC2)cc1OC. The molecular weight excluding hydrogens is 376 g/mol. The first kappa shape index (κ1) is 20.5. The summed E-state index contributed by atoms with van der Waals surface area (Å²) in [6.07, 6.45) is 1.21. The number of piperazine rings is 1. The third-order valence-electron chi connectivity index (χ3n) is 5.12. The Bertz CT molecular complexity index is 787. The van der Waals surface area contributed by atoms with Crippen LogP contribution < -0.4 is 9.47 Å². The molecule has 0 radical (unpaired) electrons. The fraction of sp³-hybridized carbons (Fsp3) is 0.409. The predicted molar refractivity (Wildman–Crippen MR) is 111 cm³/mol. The van der Waals surface area contributed by atoms with E-state index in [2.05, 4.69) is 17.0 Å². The quantitative estimate of drug-likeness (QED) is 0.709. The molecule has 0 atom stereocenters. The summed E-state index contributed by atoms with van der Waals surface area (Å²) in [5.41, 5.74) is 2.32. The summed E-state index contributed by atoms with van der Waals surface area (Å²) in [5.74, 6) is 1.61. The summed E-state index contributed by atoms with van der Waals surface area (Å²) >= 11 is 5.94. The highest BCUT2D eigenvalue weighted by atomic mass is 35.5. The summed E-state index contributed by atoms with van der Waals surface area (Å²) < 4.78 is 10.6. The molecule has 28 heavy (non-hydrogen) atoms. The van der Waals surface area contributed by atoms with E-state index in [0.717, 1.165) is 43.3 Å². The maximum absolute atomic E-state index is 12.6. The number of carbonyl (C=O) groups is 1. The summed E-state index contributed by atoms with van der Waals surface area (Å²) in [6.45, 7) is 4.23. The number of halogens is 1. The molecule has 6 heteroatoms. The van der Waals surface area contributed by atoms with E-state index in [-0.39, 0.29) is 5.91 Å². The predicted octanol–water partition coefficient (Wildman–Crippen LogP) is 3.63. The molecule has 1 amide bonds. The number of ether oxygens (including phenoxy) is 2. The van der Waals surface area contributed by atoms with Gasteiger partial charge in [-0.05, 0) is 41.8 Å². The van der Waals surface area contributed by atoms with Crippen molar-refractivity contribution in [1.29, 1.82) is 0 Å². The van der Waals surface area contributed by atoms with E-state index in [4.69, 9.17) is 21.1 Å². The van der Waals surface area contributed by atoms with Gasteiger partial charge in [0.15, 0.2) is 11.5 Å². The van der Waals surface area contributed by atoms with Gasteiger partial charge in [0, 0.05) is 44.2 Å². The van der Waals surface area contributed by atoms with Gasteiger partial charge in [-0.25, -0.2) is 0 Å². The number of benzene rings is 2. The Balaban J connectivity index is 1.45. The highest BCUT2D eigenvalue weighted by molar-refractivity contribution is 6.30. The zero-order valence-corrected chi connectivity index (χ0v) is 17.2. The average molecular weight is 403 g/mol. The minimum Gasteiger partial charge on any atom is -0.493 e. The van der Waals surface area contributed by atoms with Crippen LogP contribution in [0.1, 0.15) is 17.5 Å². The standard InChI is InChI=1S/C22H27ClN2O3/c1-27-20-9-5-17(15-21(20)28-2)6-10-22(26)25-13-11-24(12-14-25)16-18-3-7-19(23)8-4-18/h3-5,7-9,15H,6,10-14,16H2,1-2H3. The molecule has 1 aliphatic heterocycles. The van der Waals surface area contributed by atoms with Crippen molar-refractivity contribution in [3.05, 3.63) is 58.6 Å². The Kier molecular flexibility index (Phi) is 7.18. The summed E-state index contributed by atoms with van der Waals surface area (Å²) in [4.78, 5) is 16.9. The van der Waals surface area contributed by atoms with Crippen LogP contribution in [0.15, 0.2) is 42.5 Å². The Morgan fingerprint density at radius 2 is 1.57 bits per heavy atom. The molecule has 0 spiro atoms. The number of nitrogens with zero attached hydrogens (tertiary/aromatic N) is 2. The van der Waals surface area contributed by atoms with E-state index in [1.165, 1.54) is 5.56 Å². The summed E-state index contributed by atoms with van der Waals surface area (Å²) in [7, 11) is 3.24. The van der Waals surface area contributed by atoms with Crippen LogP contribution in [0.5, 0.6) is 11.5 Å². The lowest BCUT2D eigenvalue weighted by Crippen LogP contribution is -2.48. The fourth-order valence-corrected chi connectivity index (χ4v) is 3.57. The largest absolute Gasteiger partial charge is 0.493 e.